The van der Waals surface area contributed by atoms with Crippen molar-refractivity contribution in [2.45, 2.75) is 6.10 Å². The molecule has 0 radical (unpaired) electrons. The van der Waals surface area contributed by atoms with Crippen LogP contribution in [-0.2, 0) is 4.74 Å². The van der Waals surface area contributed by atoms with Gasteiger partial charge in [-0.05, 0) is 29.6 Å². The zero-order valence-electron chi connectivity index (χ0n) is 11.1. The zero-order chi connectivity index (χ0) is 14.7. The van der Waals surface area contributed by atoms with Crippen LogP contribution < -0.4 is 10.2 Å². The molecule has 0 bridgehead atoms. The molecule has 6 nitrogen and oxygen atoms in total. The van der Waals surface area contributed by atoms with E-state index in [0.29, 0.717) is 12.1 Å². The predicted molar refractivity (Wildman–Crippen MR) is 78.5 cm³/mol. The molecule has 108 valence electrons. The first-order valence-electron chi connectivity index (χ1n) is 6.44. The first kappa shape index (κ1) is 13.6. The van der Waals surface area contributed by atoms with Crippen LogP contribution in [-0.4, -0.2) is 36.2 Å². The van der Waals surface area contributed by atoms with Crippen molar-refractivity contribution in [3.63, 3.8) is 0 Å². The minimum Gasteiger partial charge on any atom is -0.442 e. The van der Waals surface area contributed by atoms with E-state index in [9.17, 15) is 9.59 Å². The van der Waals surface area contributed by atoms with Crippen LogP contribution in [0.2, 0.25) is 0 Å². The van der Waals surface area contributed by atoms with E-state index in [1.165, 1.54) is 17.5 Å². The van der Waals surface area contributed by atoms with Gasteiger partial charge in [0.25, 0.3) is 5.91 Å². The van der Waals surface area contributed by atoms with Gasteiger partial charge in [0.15, 0.2) is 0 Å². The summed E-state index contributed by atoms with van der Waals surface area (Å²) < 4.78 is 5.25. The number of hydrogen-bond acceptors (Lipinski definition) is 5. The number of amides is 2. The van der Waals surface area contributed by atoms with Crippen LogP contribution >= 0.6 is 11.3 Å². The quantitative estimate of drug-likeness (QED) is 0.936. The summed E-state index contributed by atoms with van der Waals surface area (Å²) in [5.74, 6) is -0.228. The van der Waals surface area contributed by atoms with Gasteiger partial charge in [-0.25, -0.2) is 4.79 Å². The van der Waals surface area contributed by atoms with Gasteiger partial charge in [-0.15, -0.1) is 11.3 Å². The van der Waals surface area contributed by atoms with E-state index in [4.69, 9.17) is 4.74 Å². The molecule has 2 aromatic heterocycles. The summed E-state index contributed by atoms with van der Waals surface area (Å²) in [6.07, 6.45) is 2.38. The number of nitrogens with one attached hydrogen (secondary N) is 1. The molecule has 3 heterocycles. The average molecular weight is 303 g/mol. The first-order chi connectivity index (χ1) is 10.2. The molecule has 0 spiro atoms. The minimum absolute atomic E-state index is 0.228. The number of anilines is 1. The second-order valence-corrected chi connectivity index (χ2v) is 5.45. The van der Waals surface area contributed by atoms with Gasteiger partial charge in [0.2, 0.25) is 0 Å². The van der Waals surface area contributed by atoms with Gasteiger partial charge in [0.05, 0.1) is 18.7 Å². The highest BCUT2D eigenvalue weighted by molar-refractivity contribution is 7.14. The molecule has 2 aromatic rings. The molecule has 1 saturated heterocycles. The SMILES string of the molecule is O=C(NCC1CN(c2cccs2)C(=O)O1)c1cccnc1. The lowest BCUT2D eigenvalue weighted by atomic mass is 10.2. The van der Waals surface area contributed by atoms with Crippen molar-refractivity contribution in [2.75, 3.05) is 18.0 Å². The topological polar surface area (TPSA) is 71.5 Å². The van der Waals surface area contributed by atoms with Gasteiger partial charge in [-0.3, -0.25) is 14.7 Å². The number of aromatic nitrogens is 1. The number of ether oxygens (including phenoxy) is 1. The van der Waals surface area contributed by atoms with Gasteiger partial charge in [0, 0.05) is 12.4 Å². The molecule has 21 heavy (non-hydrogen) atoms. The van der Waals surface area contributed by atoms with Crippen molar-refractivity contribution in [1.29, 1.82) is 0 Å². The third-order valence-corrected chi connectivity index (χ3v) is 3.95. The van der Waals surface area contributed by atoms with E-state index < -0.39 is 0 Å². The van der Waals surface area contributed by atoms with Crippen molar-refractivity contribution >= 4 is 28.3 Å². The lowest BCUT2D eigenvalue weighted by Gasteiger charge is -2.10. The Bertz CT molecular complexity index is 630. The second kappa shape index (κ2) is 5.92. The Kier molecular flexibility index (Phi) is 3.83. The lowest BCUT2D eigenvalue weighted by Crippen LogP contribution is -2.34. The largest absolute Gasteiger partial charge is 0.442 e. The van der Waals surface area contributed by atoms with E-state index in [2.05, 4.69) is 10.3 Å². The van der Waals surface area contributed by atoms with Gasteiger partial charge >= 0.3 is 6.09 Å². The molecule has 7 heteroatoms. The Morgan fingerprint density at radius 1 is 1.48 bits per heavy atom. The minimum atomic E-state index is -0.377. The standard InChI is InChI=1S/C14H13N3O3S/c18-13(10-3-1-5-15-7-10)16-8-11-9-17(14(19)20-11)12-4-2-6-21-12/h1-7,11H,8-9H2,(H,16,18). The number of pyridine rings is 1. The zero-order valence-corrected chi connectivity index (χ0v) is 11.9. The molecule has 1 unspecified atom stereocenters. The maximum Gasteiger partial charge on any atom is 0.415 e. The third-order valence-electron chi connectivity index (χ3n) is 3.06. The molecule has 1 aliphatic rings. The Morgan fingerprint density at radius 3 is 3.10 bits per heavy atom. The summed E-state index contributed by atoms with van der Waals surface area (Å²) in [7, 11) is 0. The molecule has 1 aliphatic heterocycles. The smallest absolute Gasteiger partial charge is 0.415 e. The summed E-state index contributed by atoms with van der Waals surface area (Å²) >= 11 is 1.48. The van der Waals surface area contributed by atoms with Crippen molar-refractivity contribution in [2.24, 2.45) is 0 Å². The summed E-state index contributed by atoms with van der Waals surface area (Å²) in [6.45, 7) is 0.716. The Balaban J connectivity index is 1.55. The Labute approximate surface area is 125 Å². The van der Waals surface area contributed by atoms with E-state index in [-0.39, 0.29) is 24.6 Å². The monoisotopic (exact) mass is 303 g/mol. The molecule has 0 aliphatic carbocycles. The van der Waals surface area contributed by atoms with Crippen LogP contribution in [0, 0.1) is 0 Å². The predicted octanol–water partition coefficient (Wildman–Crippen LogP) is 1.90. The van der Waals surface area contributed by atoms with Crippen molar-refractivity contribution in [3.05, 3.63) is 47.6 Å². The lowest BCUT2D eigenvalue weighted by molar-refractivity contribution is 0.0915. The number of thiophene rings is 1. The summed E-state index contributed by atoms with van der Waals surface area (Å²) in [5, 5.41) is 5.50. The van der Waals surface area contributed by atoms with Gasteiger partial charge in [-0.1, -0.05) is 0 Å². The molecule has 1 fully saturated rings. The van der Waals surface area contributed by atoms with Crippen LogP contribution in [0.4, 0.5) is 9.80 Å². The van der Waals surface area contributed by atoms with E-state index >= 15 is 0 Å². The van der Waals surface area contributed by atoms with Gasteiger partial charge in [0.1, 0.15) is 11.1 Å². The summed E-state index contributed by atoms with van der Waals surface area (Å²) in [5.41, 5.74) is 0.483. The van der Waals surface area contributed by atoms with Crippen molar-refractivity contribution in [1.82, 2.24) is 10.3 Å². The third kappa shape index (κ3) is 3.03. The van der Waals surface area contributed by atoms with Gasteiger partial charge in [-0.2, -0.15) is 0 Å². The number of carbonyl (C=O) groups excluding carboxylic acids is 2. The second-order valence-electron chi connectivity index (χ2n) is 4.52. The highest BCUT2D eigenvalue weighted by Gasteiger charge is 2.32. The molecular weight excluding hydrogens is 290 g/mol. The molecule has 1 atom stereocenters. The van der Waals surface area contributed by atoms with Crippen molar-refractivity contribution in [3.8, 4) is 0 Å². The Morgan fingerprint density at radius 2 is 2.38 bits per heavy atom. The maximum absolute atomic E-state index is 11.9. The van der Waals surface area contributed by atoms with Crippen LogP contribution in [0.25, 0.3) is 0 Å². The Hall–Kier alpha value is -2.41. The number of hydrogen-bond donors (Lipinski definition) is 1. The molecule has 3 rings (SSSR count). The van der Waals surface area contributed by atoms with E-state index in [1.807, 2.05) is 17.5 Å². The molecule has 0 saturated carbocycles. The normalized spacial score (nSPS) is 17.6. The average Bonchev–Trinajstić information content (AvgIpc) is 3.15. The van der Waals surface area contributed by atoms with Crippen LogP contribution in [0.15, 0.2) is 42.0 Å². The molecule has 0 aromatic carbocycles. The fourth-order valence-electron chi connectivity index (χ4n) is 2.04. The molecular formula is C14H13N3O3S. The fraction of sp³-hybridized carbons (Fsp3) is 0.214. The number of cyclic esters (lactones) is 1. The van der Waals surface area contributed by atoms with Gasteiger partial charge < -0.3 is 10.1 Å². The number of carbonyl (C=O) groups is 2. The first-order valence-corrected chi connectivity index (χ1v) is 7.32. The highest BCUT2D eigenvalue weighted by Crippen LogP contribution is 2.26. The molecule has 1 N–H and O–H groups in total. The van der Waals surface area contributed by atoms with Crippen LogP contribution in [0.1, 0.15) is 10.4 Å². The summed E-state index contributed by atoms with van der Waals surface area (Å²) in [6, 6.07) is 7.12. The van der Waals surface area contributed by atoms with Crippen LogP contribution in [0.5, 0.6) is 0 Å². The number of nitrogens with zero attached hydrogens (tertiary/aromatic N) is 2. The highest BCUT2D eigenvalue weighted by atomic mass is 32.1. The van der Waals surface area contributed by atoms with E-state index in [0.717, 1.165) is 5.00 Å². The van der Waals surface area contributed by atoms with Crippen LogP contribution in [0.3, 0.4) is 0 Å². The maximum atomic E-state index is 11.9. The fourth-order valence-corrected chi connectivity index (χ4v) is 2.77. The van der Waals surface area contributed by atoms with Crippen molar-refractivity contribution < 1.29 is 14.3 Å². The summed E-state index contributed by atoms with van der Waals surface area (Å²) in [4.78, 5) is 29.1. The molecule has 2 amide bonds. The number of rotatable bonds is 4. The van der Waals surface area contributed by atoms with E-state index in [1.54, 1.807) is 23.2 Å².